The molecule has 1 heterocycles. The Hall–Kier alpha value is -5.31. The second-order valence-corrected chi connectivity index (χ2v) is 8.50. The lowest BCUT2D eigenvalue weighted by molar-refractivity contribution is 0.0692. The molecule has 0 fully saturated rings. The first-order chi connectivity index (χ1) is 18.6. The molecule has 0 aliphatic carbocycles. The van der Waals surface area contributed by atoms with Crippen molar-refractivity contribution in [3.05, 3.63) is 132 Å². The summed E-state index contributed by atoms with van der Waals surface area (Å²) >= 11 is 0. The van der Waals surface area contributed by atoms with Gasteiger partial charge in [0.15, 0.2) is 0 Å². The van der Waals surface area contributed by atoms with E-state index in [-0.39, 0.29) is 17.2 Å². The number of ether oxygens (including phenoxy) is 1. The summed E-state index contributed by atoms with van der Waals surface area (Å²) in [5.74, 6) is 0.0266. The molecule has 5 aromatic rings. The molecule has 9 heteroatoms. The van der Waals surface area contributed by atoms with E-state index in [1.807, 2.05) is 84.9 Å². The molecule has 0 unspecified atom stereocenters. The van der Waals surface area contributed by atoms with Crippen molar-refractivity contribution in [2.75, 3.05) is 0 Å². The maximum atomic E-state index is 13.8. The Morgan fingerprint density at radius 3 is 2.05 bits per heavy atom. The summed E-state index contributed by atoms with van der Waals surface area (Å²) in [6, 6.07) is 31.2. The van der Waals surface area contributed by atoms with Crippen LogP contribution in [0.1, 0.15) is 31.8 Å². The fourth-order valence-corrected chi connectivity index (χ4v) is 4.00. The van der Waals surface area contributed by atoms with Crippen LogP contribution in [0.3, 0.4) is 0 Å². The van der Waals surface area contributed by atoms with E-state index in [9.17, 15) is 14.7 Å². The number of para-hydroxylation sites is 1. The SMILES string of the molecule is O=C(O)c1ccc(C(=O)N(Cc2ccccc2)Cc2ccc(Oc3ccccc3)cc2)cc1-n1cnnn1. The van der Waals surface area contributed by atoms with Crippen LogP contribution in [0.25, 0.3) is 5.69 Å². The molecule has 0 saturated heterocycles. The Kier molecular flexibility index (Phi) is 7.17. The van der Waals surface area contributed by atoms with Crippen LogP contribution in [-0.4, -0.2) is 42.1 Å². The van der Waals surface area contributed by atoms with Gasteiger partial charge in [-0.15, -0.1) is 5.10 Å². The number of hydrogen-bond acceptors (Lipinski definition) is 6. The number of aromatic nitrogens is 4. The summed E-state index contributed by atoms with van der Waals surface area (Å²) in [6.45, 7) is 0.697. The van der Waals surface area contributed by atoms with Crippen LogP contribution in [-0.2, 0) is 13.1 Å². The van der Waals surface area contributed by atoms with Gasteiger partial charge >= 0.3 is 5.97 Å². The summed E-state index contributed by atoms with van der Waals surface area (Å²) < 4.78 is 7.11. The first kappa shape index (κ1) is 24.4. The number of carboxylic acids is 1. The van der Waals surface area contributed by atoms with Gasteiger partial charge in [-0.2, -0.15) is 4.68 Å². The first-order valence-electron chi connectivity index (χ1n) is 11.8. The van der Waals surface area contributed by atoms with Crippen molar-refractivity contribution in [3.8, 4) is 17.2 Å². The number of benzene rings is 4. The number of carbonyl (C=O) groups is 2. The van der Waals surface area contributed by atoms with Crippen LogP contribution in [0.4, 0.5) is 0 Å². The zero-order valence-corrected chi connectivity index (χ0v) is 20.2. The Labute approximate surface area is 218 Å². The minimum Gasteiger partial charge on any atom is -0.478 e. The molecule has 0 bridgehead atoms. The van der Waals surface area contributed by atoms with E-state index in [4.69, 9.17) is 4.74 Å². The van der Waals surface area contributed by atoms with Crippen LogP contribution in [0.2, 0.25) is 0 Å². The van der Waals surface area contributed by atoms with E-state index in [0.29, 0.717) is 24.4 Å². The Balaban J connectivity index is 1.42. The Morgan fingerprint density at radius 1 is 0.789 bits per heavy atom. The number of nitrogens with zero attached hydrogens (tertiary/aromatic N) is 5. The van der Waals surface area contributed by atoms with E-state index >= 15 is 0 Å². The average molecular weight is 506 g/mol. The number of aromatic carboxylic acids is 1. The fraction of sp³-hybridized carbons (Fsp3) is 0.0690. The van der Waals surface area contributed by atoms with Crippen molar-refractivity contribution in [1.29, 1.82) is 0 Å². The predicted octanol–water partition coefficient (Wildman–Crippen LogP) is 5.00. The Morgan fingerprint density at radius 2 is 1.42 bits per heavy atom. The van der Waals surface area contributed by atoms with Gasteiger partial charge in [0.05, 0.1) is 11.3 Å². The van der Waals surface area contributed by atoms with Crippen molar-refractivity contribution < 1.29 is 19.4 Å². The third-order valence-corrected chi connectivity index (χ3v) is 5.85. The topological polar surface area (TPSA) is 110 Å². The molecular weight excluding hydrogens is 482 g/mol. The molecule has 1 aromatic heterocycles. The maximum Gasteiger partial charge on any atom is 0.337 e. The van der Waals surface area contributed by atoms with Crippen molar-refractivity contribution in [1.82, 2.24) is 25.1 Å². The van der Waals surface area contributed by atoms with E-state index < -0.39 is 5.97 Å². The van der Waals surface area contributed by atoms with E-state index in [1.54, 1.807) is 4.90 Å². The lowest BCUT2D eigenvalue weighted by atomic mass is 10.1. The molecule has 38 heavy (non-hydrogen) atoms. The highest BCUT2D eigenvalue weighted by molar-refractivity contribution is 5.98. The molecule has 0 saturated carbocycles. The van der Waals surface area contributed by atoms with Crippen LogP contribution < -0.4 is 4.74 Å². The number of rotatable bonds is 9. The van der Waals surface area contributed by atoms with Crippen molar-refractivity contribution in [3.63, 3.8) is 0 Å². The molecule has 0 spiro atoms. The van der Waals surface area contributed by atoms with Gasteiger partial charge in [0.2, 0.25) is 0 Å². The maximum absolute atomic E-state index is 13.8. The number of hydrogen-bond donors (Lipinski definition) is 1. The second-order valence-electron chi connectivity index (χ2n) is 8.50. The normalized spacial score (nSPS) is 10.6. The van der Waals surface area contributed by atoms with Gasteiger partial charge in [-0.3, -0.25) is 4.79 Å². The Bertz CT molecular complexity index is 1520. The third-order valence-electron chi connectivity index (χ3n) is 5.85. The van der Waals surface area contributed by atoms with Gasteiger partial charge in [-0.25, -0.2) is 4.79 Å². The lowest BCUT2D eigenvalue weighted by Gasteiger charge is -2.24. The van der Waals surface area contributed by atoms with Gasteiger partial charge in [0, 0.05) is 18.7 Å². The zero-order chi connectivity index (χ0) is 26.3. The van der Waals surface area contributed by atoms with E-state index in [2.05, 4.69) is 15.5 Å². The fourth-order valence-electron chi connectivity index (χ4n) is 4.00. The molecule has 0 aliphatic rings. The van der Waals surface area contributed by atoms with Gasteiger partial charge < -0.3 is 14.7 Å². The van der Waals surface area contributed by atoms with Crippen LogP contribution in [0.5, 0.6) is 11.5 Å². The van der Waals surface area contributed by atoms with Gasteiger partial charge in [0.1, 0.15) is 17.8 Å². The van der Waals surface area contributed by atoms with Crippen LogP contribution in [0, 0.1) is 0 Å². The molecule has 0 radical (unpaired) electrons. The lowest BCUT2D eigenvalue weighted by Crippen LogP contribution is -2.30. The monoisotopic (exact) mass is 505 g/mol. The van der Waals surface area contributed by atoms with Crippen molar-refractivity contribution in [2.45, 2.75) is 13.1 Å². The highest BCUT2D eigenvalue weighted by atomic mass is 16.5. The molecule has 1 amide bonds. The summed E-state index contributed by atoms with van der Waals surface area (Å²) in [5, 5.41) is 20.6. The van der Waals surface area contributed by atoms with Crippen LogP contribution >= 0.6 is 0 Å². The van der Waals surface area contributed by atoms with Crippen molar-refractivity contribution >= 4 is 11.9 Å². The molecule has 0 aliphatic heterocycles. The van der Waals surface area contributed by atoms with Crippen molar-refractivity contribution in [2.24, 2.45) is 0 Å². The number of tetrazole rings is 1. The molecule has 4 aromatic carbocycles. The van der Waals surface area contributed by atoms with Gasteiger partial charge in [-0.05, 0) is 64.0 Å². The molecule has 5 rings (SSSR count). The van der Waals surface area contributed by atoms with Crippen LogP contribution in [0.15, 0.2) is 109 Å². The minimum atomic E-state index is -1.14. The summed E-state index contributed by atoms with van der Waals surface area (Å²) in [5.41, 5.74) is 2.39. The molecule has 9 nitrogen and oxygen atoms in total. The first-order valence-corrected chi connectivity index (χ1v) is 11.8. The predicted molar refractivity (Wildman–Crippen MR) is 139 cm³/mol. The quantitative estimate of drug-likeness (QED) is 0.300. The average Bonchev–Trinajstić information content (AvgIpc) is 3.49. The van der Waals surface area contributed by atoms with E-state index in [1.165, 1.54) is 29.2 Å². The highest BCUT2D eigenvalue weighted by Crippen LogP contribution is 2.23. The second kappa shape index (κ2) is 11.2. The summed E-state index contributed by atoms with van der Waals surface area (Å²) in [7, 11) is 0. The third kappa shape index (κ3) is 5.73. The summed E-state index contributed by atoms with van der Waals surface area (Å²) in [6.07, 6.45) is 1.29. The zero-order valence-electron chi connectivity index (χ0n) is 20.2. The standard InChI is InChI=1S/C29H23N5O4/c35-28(23-13-16-26(29(36)37)27(17-23)34-20-30-31-32-34)33(18-21-7-3-1-4-8-21)19-22-11-14-25(15-12-22)38-24-9-5-2-6-10-24/h1-17,20H,18-19H2,(H,36,37). The number of carbonyl (C=O) groups excluding carboxylic acids is 1. The number of carboxylic acid groups (broad SMARTS) is 1. The summed E-state index contributed by atoms with van der Waals surface area (Å²) in [4.78, 5) is 27.2. The largest absolute Gasteiger partial charge is 0.478 e. The highest BCUT2D eigenvalue weighted by Gasteiger charge is 2.21. The molecular formula is C29H23N5O4. The molecule has 1 N–H and O–H groups in total. The smallest absolute Gasteiger partial charge is 0.337 e. The van der Waals surface area contributed by atoms with Gasteiger partial charge in [0.25, 0.3) is 5.91 Å². The minimum absolute atomic E-state index is 0.0162. The van der Waals surface area contributed by atoms with Gasteiger partial charge in [-0.1, -0.05) is 60.7 Å². The molecule has 0 atom stereocenters. The van der Waals surface area contributed by atoms with E-state index in [0.717, 1.165) is 16.9 Å². The molecule has 188 valence electrons. The number of amides is 1.